The predicted octanol–water partition coefficient (Wildman–Crippen LogP) is 3.01. The van der Waals surface area contributed by atoms with Crippen LogP contribution in [0.2, 0.25) is 0 Å². The number of halogens is 1. The second-order valence-corrected chi connectivity index (χ2v) is 5.23. The van der Waals surface area contributed by atoms with E-state index in [1.807, 2.05) is 19.2 Å². The highest BCUT2D eigenvalue weighted by molar-refractivity contribution is 5.31. The number of hydrogen-bond donors (Lipinski definition) is 1. The molecule has 1 aromatic carbocycles. The number of nitrogens with one attached hydrogen (secondary N) is 1. The Kier molecular flexibility index (Phi) is 4.23. The minimum Gasteiger partial charge on any atom is -0.494 e. The predicted molar refractivity (Wildman–Crippen MR) is 71.4 cm³/mol. The maximum absolute atomic E-state index is 14.1. The minimum absolute atomic E-state index is 0.219. The van der Waals surface area contributed by atoms with E-state index in [9.17, 15) is 4.39 Å². The third-order valence-electron chi connectivity index (χ3n) is 4.07. The van der Waals surface area contributed by atoms with Gasteiger partial charge in [0.25, 0.3) is 0 Å². The molecule has 1 aromatic rings. The molecule has 0 aliphatic heterocycles. The molecule has 3 heteroatoms. The van der Waals surface area contributed by atoms with Gasteiger partial charge in [0.05, 0.1) is 7.11 Å². The Hall–Kier alpha value is -1.09. The Labute approximate surface area is 109 Å². The van der Waals surface area contributed by atoms with Crippen molar-refractivity contribution in [1.29, 1.82) is 0 Å². The summed E-state index contributed by atoms with van der Waals surface area (Å²) < 4.78 is 19.1. The van der Waals surface area contributed by atoms with Crippen molar-refractivity contribution in [2.45, 2.75) is 32.2 Å². The fourth-order valence-corrected chi connectivity index (χ4v) is 2.61. The SMILES string of the molecule is CNC(Cc1cccc(OC)c1F)C(C)C1CC1. The fraction of sp³-hybridized carbons (Fsp3) is 0.600. The molecule has 1 aliphatic carbocycles. The van der Waals surface area contributed by atoms with Crippen molar-refractivity contribution in [1.82, 2.24) is 5.32 Å². The number of hydrogen-bond acceptors (Lipinski definition) is 2. The van der Waals surface area contributed by atoms with Crippen LogP contribution in [0.5, 0.6) is 5.75 Å². The highest BCUT2D eigenvalue weighted by Crippen LogP contribution is 2.39. The maximum atomic E-state index is 14.1. The summed E-state index contributed by atoms with van der Waals surface area (Å²) in [5.74, 6) is 1.53. The fourth-order valence-electron chi connectivity index (χ4n) is 2.61. The zero-order chi connectivity index (χ0) is 13.1. The van der Waals surface area contributed by atoms with Gasteiger partial charge in [0.1, 0.15) is 0 Å². The summed E-state index contributed by atoms with van der Waals surface area (Å²) >= 11 is 0. The lowest BCUT2D eigenvalue weighted by atomic mass is 9.91. The average Bonchev–Trinajstić information content (AvgIpc) is 3.21. The molecule has 18 heavy (non-hydrogen) atoms. The van der Waals surface area contributed by atoms with Crippen LogP contribution in [0.25, 0.3) is 0 Å². The molecule has 0 heterocycles. The van der Waals surface area contributed by atoms with Crippen LogP contribution in [0, 0.1) is 17.7 Å². The molecule has 1 aliphatic rings. The molecule has 0 amide bonds. The molecule has 0 saturated heterocycles. The van der Waals surface area contributed by atoms with Crippen LogP contribution in [0.3, 0.4) is 0 Å². The summed E-state index contributed by atoms with van der Waals surface area (Å²) in [6.07, 6.45) is 3.36. The second-order valence-electron chi connectivity index (χ2n) is 5.23. The van der Waals surface area contributed by atoms with E-state index in [4.69, 9.17) is 4.74 Å². The van der Waals surface area contributed by atoms with E-state index in [1.165, 1.54) is 20.0 Å². The van der Waals surface area contributed by atoms with E-state index in [1.54, 1.807) is 6.07 Å². The Balaban J connectivity index is 2.11. The summed E-state index contributed by atoms with van der Waals surface area (Å²) in [5.41, 5.74) is 0.737. The molecule has 0 radical (unpaired) electrons. The van der Waals surface area contributed by atoms with Gasteiger partial charge in [-0.15, -0.1) is 0 Å². The van der Waals surface area contributed by atoms with Crippen LogP contribution in [-0.4, -0.2) is 20.2 Å². The molecule has 0 aromatic heterocycles. The van der Waals surface area contributed by atoms with Crippen LogP contribution in [0.1, 0.15) is 25.3 Å². The third-order valence-corrected chi connectivity index (χ3v) is 4.07. The zero-order valence-corrected chi connectivity index (χ0v) is 11.4. The summed E-state index contributed by atoms with van der Waals surface area (Å²) in [5, 5.41) is 3.33. The van der Waals surface area contributed by atoms with Gasteiger partial charge in [0.2, 0.25) is 0 Å². The van der Waals surface area contributed by atoms with Gasteiger partial charge in [-0.2, -0.15) is 0 Å². The lowest BCUT2D eigenvalue weighted by Crippen LogP contribution is -2.35. The lowest BCUT2D eigenvalue weighted by molar-refractivity contribution is 0.349. The van der Waals surface area contributed by atoms with Gasteiger partial charge >= 0.3 is 0 Å². The number of ether oxygens (including phenoxy) is 1. The van der Waals surface area contributed by atoms with E-state index in [0.29, 0.717) is 17.7 Å². The summed E-state index contributed by atoms with van der Waals surface area (Å²) in [6.45, 7) is 2.26. The van der Waals surface area contributed by atoms with Crippen molar-refractivity contribution < 1.29 is 9.13 Å². The monoisotopic (exact) mass is 251 g/mol. The van der Waals surface area contributed by atoms with Crippen molar-refractivity contribution in [3.8, 4) is 5.75 Å². The Bertz CT molecular complexity index is 403. The standard InChI is InChI=1S/C15H22FNO/c1-10(11-7-8-11)13(17-2)9-12-5-4-6-14(18-3)15(12)16/h4-6,10-11,13,17H,7-9H2,1-3H3. The molecule has 0 bridgehead atoms. The molecule has 2 rings (SSSR count). The van der Waals surface area contributed by atoms with Crippen LogP contribution < -0.4 is 10.1 Å². The largest absolute Gasteiger partial charge is 0.494 e. The second kappa shape index (κ2) is 5.70. The van der Waals surface area contributed by atoms with Gasteiger partial charge in [-0.25, -0.2) is 4.39 Å². The first-order valence-corrected chi connectivity index (χ1v) is 6.66. The molecule has 1 saturated carbocycles. The molecule has 1 fully saturated rings. The third kappa shape index (κ3) is 2.83. The lowest BCUT2D eigenvalue weighted by Gasteiger charge is -2.24. The topological polar surface area (TPSA) is 21.3 Å². The smallest absolute Gasteiger partial charge is 0.168 e. The first kappa shape index (κ1) is 13.3. The van der Waals surface area contributed by atoms with Gasteiger partial charge in [0.15, 0.2) is 11.6 Å². The average molecular weight is 251 g/mol. The highest BCUT2D eigenvalue weighted by atomic mass is 19.1. The molecule has 2 atom stereocenters. The van der Waals surface area contributed by atoms with Crippen LogP contribution in [-0.2, 0) is 6.42 Å². The Morgan fingerprint density at radius 3 is 2.72 bits per heavy atom. The molecule has 1 N–H and O–H groups in total. The quantitative estimate of drug-likeness (QED) is 0.839. The highest BCUT2D eigenvalue weighted by Gasteiger charge is 2.33. The zero-order valence-electron chi connectivity index (χ0n) is 11.4. The Morgan fingerprint density at radius 2 is 2.17 bits per heavy atom. The molecular formula is C15H22FNO. The van der Waals surface area contributed by atoms with Crippen molar-refractivity contribution in [2.75, 3.05) is 14.2 Å². The van der Waals surface area contributed by atoms with Gasteiger partial charge in [0, 0.05) is 6.04 Å². The summed E-state index contributed by atoms with van der Waals surface area (Å²) in [6, 6.07) is 5.70. The van der Waals surface area contributed by atoms with E-state index >= 15 is 0 Å². The minimum atomic E-state index is -0.219. The maximum Gasteiger partial charge on any atom is 0.168 e. The van der Waals surface area contributed by atoms with E-state index in [2.05, 4.69) is 12.2 Å². The van der Waals surface area contributed by atoms with Gasteiger partial charge in [-0.3, -0.25) is 0 Å². The number of methoxy groups -OCH3 is 1. The molecule has 2 nitrogen and oxygen atoms in total. The molecule has 100 valence electrons. The first-order valence-electron chi connectivity index (χ1n) is 6.66. The van der Waals surface area contributed by atoms with Crippen molar-refractivity contribution in [3.63, 3.8) is 0 Å². The van der Waals surface area contributed by atoms with Crippen LogP contribution >= 0.6 is 0 Å². The summed E-state index contributed by atoms with van der Waals surface area (Å²) in [4.78, 5) is 0. The van der Waals surface area contributed by atoms with Gasteiger partial charge in [-0.1, -0.05) is 19.1 Å². The van der Waals surface area contributed by atoms with Crippen LogP contribution in [0.15, 0.2) is 18.2 Å². The number of rotatable bonds is 6. The van der Waals surface area contributed by atoms with Gasteiger partial charge < -0.3 is 10.1 Å². The number of likely N-dealkylation sites (N-methyl/N-ethyl adjacent to an activating group) is 1. The van der Waals surface area contributed by atoms with Gasteiger partial charge in [-0.05, 0) is 49.8 Å². The van der Waals surface area contributed by atoms with E-state index in [-0.39, 0.29) is 5.82 Å². The number of benzene rings is 1. The van der Waals surface area contributed by atoms with Crippen molar-refractivity contribution in [3.05, 3.63) is 29.6 Å². The van der Waals surface area contributed by atoms with E-state index < -0.39 is 0 Å². The molecular weight excluding hydrogens is 229 g/mol. The van der Waals surface area contributed by atoms with Crippen molar-refractivity contribution >= 4 is 0 Å². The van der Waals surface area contributed by atoms with E-state index in [0.717, 1.165) is 17.9 Å². The summed E-state index contributed by atoms with van der Waals surface area (Å²) in [7, 11) is 3.46. The van der Waals surface area contributed by atoms with Crippen molar-refractivity contribution in [2.24, 2.45) is 11.8 Å². The Morgan fingerprint density at radius 1 is 1.44 bits per heavy atom. The normalized spacial score (nSPS) is 18.4. The molecule has 0 spiro atoms. The molecule has 2 unspecified atom stereocenters. The first-order chi connectivity index (χ1) is 8.67. The van der Waals surface area contributed by atoms with Crippen LogP contribution in [0.4, 0.5) is 4.39 Å².